The van der Waals surface area contributed by atoms with Gasteiger partial charge < -0.3 is 4.90 Å². The van der Waals surface area contributed by atoms with Crippen molar-refractivity contribution in [2.75, 3.05) is 13.1 Å². The Kier molecular flexibility index (Phi) is 4.58. The maximum atomic E-state index is 12.6. The number of carbonyl (C=O) groups excluding carboxylic acids is 1. The Labute approximate surface area is 156 Å². The van der Waals surface area contributed by atoms with Gasteiger partial charge in [0.05, 0.1) is 6.20 Å². The summed E-state index contributed by atoms with van der Waals surface area (Å²) in [7, 11) is 0. The van der Waals surface area contributed by atoms with E-state index in [9.17, 15) is 9.59 Å². The summed E-state index contributed by atoms with van der Waals surface area (Å²) in [5.41, 5.74) is 4.60. The number of rotatable bonds is 3. The van der Waals surface area contributed by atoms with Crippen molar-refractivity contribution in [1.29, 1.82) is 0 Å². The zero-order valence-electron chi connectivity index (χ0n) is 15.1. The van der Waals surface area contributed by atoms with E-state index in [4.69, 9.17) is 0 Å². The summed E-state index contributed by atoms with van der Waals surface area (Å²) in [5.74, 6) is 0.184. The highest BCUT2D eigenvalue weighted by Crippen LogP contribution is 2.34. The zero-order chi connectivity index (χ0) is 18.8. The summed E-state index contributed by atoms with van der Waals surface area (Å²) in [6, 6.07) is 11.2. The van der Waals surface area contributed by atoms with Gasteiger partial charge in [-0.2, -0.15) is 10.2 Å². The van der Waals surface area contributed by atoms with Crippen LogP contribution in [0.1, 0.15) is 40.5 Å². The lowest BCUT2D eigenvalue weighted by molar-refractivity contribution is 0.0705. The third kappa shape index (κ3) is 3.53. The average Bonchev–Trinajstić information content (AvgIpc) is 3.18. The van der Waals surface area contributed by atoms with E-state index in [1.807, 2.05) is 6.20 Å². The molecule has 138 valence electrons. The molecule has 0 bridgehead atoms. The van der Waals surface area contributed by atoms with Gasteiger partial charge >= 0.3 is 0 Å². The van der Waals surface area contributed by atoms with Crippen LogP contribution in [0.4, 0.5) is 0 Å². The van der Waals surface area contributed by atoms with Crippen LogP contribution in [-0.4, -0.2) is 44.3 Å². The highest BCUT2D eigenvalue weighted by atomic mass is 16.2. The molecule has 0 unspecified atom stereocenters. The second-order valence-corrected chi connectivity index (χ2v) is 6.94. The van der Waals surface area contributed by atoms with Crippen molar-refractivity contribution in [3.63, 3.8) is 0 Å². The van der Waals surface area contributed by atoms with E-state index in [1.165, 1.54) is 17.7 Å². The molecule has 1 fully saturated rings. The number of benzene rings is 1. The van der Waals surface area contributed by atoms with E-state index in [2.05, 4.69) is 51.6 Å². The number of piperidine rings is 1. The number of aryl methyl sites for hydroxylation is 1. The first kappa shape index (κ1) is 17.2. The van der Waals surface area contributed by atoms with Crippen LogP contribution < -0.4 is 5.56 Å². The fourth-order valence-corrected chi connectivity index (χ4v) is 3.65. The highest BCUT2D eigenvalue weighted by molar-refractivity contribution is 5.92. The summed E-state index contributed by atoms with van der Waals surface area (Å²) in [4.78, 5) is 25.5. The van der Waals surface area contributed by atoms with Crippen molar-refractivity contribution in [2.45, 2.75) is 25.7 Å². The number of aromatic nitrogens is 4. The number of carbonyl (C=O) groups is 1. The van der Waals surface area contributed by atoms with Crippen LogP contribution in [0.2, 0.25) is 0 Å². The van der Waals surface area contributed by atoms with Crippen molar-refractivity contribution >= 4 is 5.91 Å². The van der Waals surface area contributed by atoms with Gasteiger partial charge in [0.15, 0.2) is 0 Å². The maximum absolute atomic E-state index is 12.6. The Balaban J connectivity index is 1.47. The van der Waals surface area contributed by atoms with Crippen LogP contribution in [0, 0.1) is 6.92 Å². The summed E-state index contributed by atoms with van der Waals surface area (Å²) in [6.45, 7) is 3.38. The van der Waals surface area contributed by atoms with Crippen LogP contribution in [0.15, 0.2) is 47.4 Å². The molecule has 3 aromatic rings. The topological polar surface area (TPSA) is 94.7 Å². The molecule has 1 amide bonds. The Morgan fingerprint density at radius 2 is 1.96 bits per heavy atom. The quantitative estimate of drug-likeness (QED) is 0.747. The number of aromatic amines is 2. The van der Waals surface area contributed by atoms with Gasteiger partial charge in [-0.25, -0.2) is 5.10 Å². The molecule has 1 aliphatic heterocycles. The fourth-order valence-electron chi connectivity index (χ4n) is 3.65. The molecule has 1 aromatic carbocycles. The number of H-pyrrole nitrogens is 2. The normalized spacial score (nSPS) is 15.1. The predicted octanol–water partition coefficient (Wildman–Crippen LogP) is 2.49. The van der Waals surface area contributed by atoms with Crippen molar-refractivity contribution in [3.05, 3.63) is 69.9 Å². The van der Waals surface area contributed by atoms with Gasteiger partial charge in [0, 0.05) is 36.3 Å². The third-order valence-corrected chi connectivity index (χ3v) is 5.09. The lowest BCUT2D eigenvalue weighted by atomic mass is 9.89. The van der Waals surface area contributed by atoms with Gasteiger partial charge in [-0.15, -0.1) is 0 Å². The molecule has 3 heterocycles. The first-order chi connectivity index (χ1) is 13.1. The van der Waals surface area contributed by atoms with E-state index in [0.29, 0.717) is 19.0 Å². The van der Waals surface area contributed by atoms with Crippen LogP contribution >= 0.6 is 0 Å². The van der Waals surface area contributed by atoms with Crippen molar-refractivity contribution in [1.82, 2.24) is 25.3 Å². The van der Waals surface area contributed by atoms with Gasteiger partial charge in [-0.3, -0.25) is 14.7 Å². The molecule has 0 atom stereocenters. The van der Waals surface area contributed by atoms with E-state index in [-0.39, 0.29) is 17.2 Å². The van der Waals surface area contributed by atoms with Crippen LogP contribution in [0.25, 0.3) is 11.1 Å². The highest BCUT2D eigenvalue weighted by Gasteiger charge is 2.27. The molecule has 0 saturated carbocycles. The minimum Gasteiger partial charge on any atom is -0.337 e. The number of hydrogen-bond acceptors (Lipinski definition) is 4. The molecule has 2 aromatic heterocycles. The molecule has 0 radical (unpaired) electrons. The molecule has 1 aliphatic rings. The molecule has 2 N–H and O–H groups in total. The van der Waals surface area contributed by atoms with Crippen molar-refractivity contribution in [2.24, 2.45) is 0 Å². The monoisotopic (exact) mass is 363 g/mol. The molecule has 27 heavy (non-hydrogen) atoms. The Morgan fingerprint density at radius 1 is 1.15 bits per heavy atom. The van der Waals surface area contributed by atoms with Gasteiger partial charge in [0.1, 0.15) is 5.69 Å². The van der Waals surface area contributed by atoms with Crippen LogP contribution in [-0.2, 0) is 0 Å². The smallest absolute Gasteiger partial charge is 0.274 e. The average molecular weight is 363 g/mol. The van der Waals surface area contributed by atoms with Crippen molar-refractivity contribution < 1.29 is 4.79 Å². The van der Waals surface area contributed by atoms with Crippen LogP contribution in [0.5, 0.6) is 0 Å². The molecular weight excluding hydrogens is 342 g/mol. The molecule has 1 saturated heterocycles. The van der Waals surface area contributed by atoms with Crippen molar-refractivity contribution in [3.8, 4) is 11.1 Å². The van der Waals surface area contributed by atoms with Gasteiger partial charge in [-0.1, -0.05) is 29.8 Å². The lowest BCUT2D eigenvalue weighted by Crippen LogP contribution is -2.38. The summed E-state index contributed by atoms with van der Waals surface area (Å²) in [5, 5.41) is 13.6. The molecule has 0 spiro atoms. The zero-order valence-corrected chi connectivity index (χ0v) is 15.1. The SMILES string of the molecule is Cc1cccc(-c2cn[nH]c2C2CCN(C(=O)c3ccc(=O)[nH]n3)CC2)c1. The fraction of sp³-hybridized carbons (Fsp3) is 0.300. The third-order valence-electron chi connectivity index (χ3n) is 5.09. The Hall–Kier alpha value is -3.22. The van der Waals surface area contributed by atoms with Gasteiger partial charge in [0.25, 0.3) is 11.5 Å². The largest absolute Gasteiger partial charge is 0.337 e. The molecule has 7 heteroatoms. The second-order valence-electron chi connectivity index (χ2n) is 6.94. The molecule has 4 rings (SSSR count). The number of nitrogens with one attached hydrogen (secondary N) is 2. The number of hydrogen-bond donors (Lipinski definition) is 2. The first-order valence-electron chi connectivity index (χ1n) is 9.07. The van der Waals surface area contributed by atoms with E-state index in [0.717, 1.165) is 29.7 Å². The summed E-state index contributed by atoms with van der Waals surface area (Å²) in [6.07, 6.45) is 3.60. The minimum atomic E-state index is -0.312. The number of nitrogens with zero attached hydrogens (tertiary/aromatic N) is 3. The summed E-state index contributed by atoms with van der Waals surface area (Å²) < 4.78 is 0. The standard InChI is InChI=1S/C20H21N5O2/c1-13-3-2-4-15(11-13)16-12-21-24-19(16)14-7-9-25(10-8-14)20(27)17-5-6-18(26)23-22-17/h2-6,11-12,14H,7-10H2,1H3,(H,21,24)(H,23,26). The van der Waals surface area contributed by atoms with E-state index >= 15 is 0 Å². The molecule has 7 nitrogen and oxygen atoms in total. The molecule has 0 aliphatic carbocycles. The second kappa shape index (κ2) is 7.19. The van der Waals surface area contributed by atoms with Gasteiger partial charge in [-0.05, 0) is 31.4 Å². The van der Waals surface area contributed by atoms with E-state index in [1.54, 1.807) is 4.90 Å². The first-order valence-corrected chi connectivity index (χ1v) is 9.07. The van der Waals surface area contributed by atoms with Crippen LogP contribution in [0.3, 0.4) is 0 Å². The summed E-state index contributed by atoms with van der Waals surface area (Å²) >= 11 is 0. The minimum absolute atomic E-state index is 0.145. The number of likely N-dealkylation sites (tertiary alicyclic amines) is 1. The Bertz CT molecular complexity index is 994. The number of amides is 1. The van der Waals surface area contributed by atoms with Gasteiger partial charge in [0.2, 0.25) is 0 Å². The molecular formula is C20H21N5O2. The Morgan fingerprint density at radius 3 is 2.67 bits per heavy atom. The van der Waals surface area contributed by atoms with E-state index < -0.39 is 0 Å². The maximum Gasteiger partial charge on any atom is 0.274 e. The lowest BCUT2D eigenvalue weighted by Gasteiger charge is -2.31. The predicted molar refractivity (Wildman–Crippen MR) is 101 cm³/mol.